The van der Waals surface area contributed by atoms with Crippen molar-refractivity contribution in [1.82, 2.24) is 0 Å². The number of carbonyl (C=O) groups is 1. The highest BCUT2D eigenvalue weighted by Crippen LogP contribution is 2.39. The van der Waals surface area contributed by atoms with Gasteiger partial charge in [0.05, 0.1) is 11.4 Å². The van der Waals surface area contributed by atoms with Crippen molar-refractivity contribution in [3.63, 3.8) is 0 Å². The number of esters is 1. The molecule has 0 radical (unpaired) electrons. The van der Waals surface area contributed by atoms with Gasteiger partial charge in [-0.3, -0.25) is 4.79 Å². The van der Waals surface area contributed by atoms with Gasteiger partial charge < -0.3 is 9.64 Å². The summed E-state index contributed by atoms with van der Waals surface area (Å²) >= 11 is 0. The molecule has 1 saturated carbocycles. The van der Waals surface area contributed by atoms with Gasteiger partial charge in [0.25, 0.3) is 0 Å². The molecule has 2 aromatic carbocycles. The Hall–Kier alpha value is -2.36. The van der Waals surface area contributed by atoms with E-state index in [9.17, 15) is 4.79 Å². The van der Waals surface area contributed by atoms with Crippen molar-refractivity contribution >= 4 is 34.0 Å². The molecule has 0 aromatic heterocycles. The van der Waals surface area contributed by atoms with Crippen molar-refractivity contribution in [2.24, 2.45) is 22.7 Å². The lowest BCUT2D eigenvalue weighted by Crippen LogP contribution is -2.41. The maximum Gasteiger partial charge on any atom is 0.326 e. The minimum Gasteiger partial charge on any atom is -0.461 e. The predicted octanol–water partition coefficient (Wildman–Crippen LogP) is 6.10. The van der Waals surface area contributed by atoms with Crippen LogP contribution in [0, 0.1) is 17.8 Å². The molecule has 0 N–H and O–H groups in total. The molecular formula is C25H32N2O2. The zero-order valence-corrected chi connectivity index (χ0v) is 18.0. The smallest absolute Gasteiger partial charge is 0.326 e. The molecule has 1 aliphatic carbocycles. The minimum atomic E-state index is -0.146. The van der Waals surface area contributed by atoms with Crippen LogP contribution in [-0.2, 0) is 9.53 Å². The van der Waals surface area contributed by atoms with Crippen LogP contribution in [0.15, 0.2) is 41.4 Å². The zero-order valence-electron chi connectivity index (χ0n) is 18.0. The first kappa shape index (κ1) is 19.9. The lowest BCUT2D eigenvalue weighted by Gasteiger charge is -2.37. The summed E-state index contributed by atoms with van der Waals surface area (Å²) in [5.41, 5.74) is 2.04. The molecule has 0 spiro atoms. The number of aliphatic imine (C=N–C) groups is 1. The summed E-state index contributed by atoms with van der Waals surface area (Å²) in [6, 6.07) is 12.4. The summed E-state index contributed by atoms with van der Waals surface area (Å²) in [4.78, 5) is 19.9. The van der Waals surface area contributed by atoms with E-state index >= 15 is 0 Å². The van der Waals surface area contributed by atoms with Gasteiger partial charge in [0.15, 0.2) is 0 Å². The number of nitrogens with zero attached hydrogens (tertiary/aromatic N) is 2. The Morgan fingerprint density at radius 2 is 1.97 bits per heavy atom. The Morgan fingerprint density at radius 3 is 2.69 bits per heavy atom. The molecule has 0 bridgehead atoms. The molecule has 4 rings (SSSR count). The Bertz CT molecular complexity index is 928. The number of hydrogen-bond acceptors (Lipinski definition) is 4. The third-order valence-electron chi connectivity index (χ3n) is 6.56. The molecule has 2 aliphatic rings. The highest BCUT2D eigenvalue weighted by atomic mass is 16.5. The summed E-state index contributed by atoms with van der Waals surface area (Å²) < 4.78 is 6.08. The van der Waals surface area contributed by atoms with Crippen LogP contribution in [-0.4, -0.2) is 24.5 Å². The number of amidine groups is 1. The molecule has 0 amide bonds. The highest BCUT2D eigenvalue weighted by Gasteiger charge is 2.34. The molecule has 4 heteroatoms. The molecule has 2 aromatic rings. The Balaban J connectivity index is 1.58. The van der Waals surface area contributed by atoms with E-state index in [0.29, 0.717) is 17.8 Å². The number of benzene rings is 2. The Morgan fingerprint density at radius 1 is 1.21 bits per heavy atom. The first-order valence-corrected chi connectivity index (χ1v) is 11.0. The van der Waals surface area contributed by atoms with Crippen molar-refractivity contribution in [2.45, 2.75) is 59.5 Å². The summed E-state index contributed by atoms with van der Waals surface area (Å²) in [5, 5.41) is 2.27. The standard InChI is InChI=1S/C25H32N2O2/c1-5-23-26-20-10-6-8-18-9-7-11-21(25(18)20)27(23)15-24(28)29-22-14-17(4)12-13-19(22)16(2)3/h6-11,16-17,19,22H,5,12-15H2,1-4H3/t17-,19+,22?/m1/s1. The third-order valence-corrected chi connectivity index (χ3v) is 6.56. The SMILES string of the molecule is CCC1=Nc2cccc3cccc(c23)N1CC(=O)OC1C[C@H](C)CC[C@H]1C(C)C. The number of ether oxygens (including phenoxy) is 1. The second-order valence-corrected chi connectivity index (χ2v) is 8.97. The molecule has 1 aliphatic heterocycles. The molecule has 1 unspecified atom stereocenters. The molecular weight excluding hydrogens is 360 g/mol. The van der Waals surface area contributed by atoms with E-state index in [1.54, 1.807) is 0 Å². The lowest BCUT2D eigenvalue weighted by atomic mass is 9.75. The van der Waals surface area contributed by atoms with E-state index in [2.05, 4.69) is 52.0 Å². The van der Waals surface area contributed by atoms with Gasteiger partial charge >= 0.3 is 5.97 Å². The second-order valence-electron chi connectivity index (χ2n) is 8.97. The summed E-state index contributed by atoms with van der Waals surface area (Å²) in [7, 11) is 0. The molecule has 29 heavy (non-hydrogen) atoms. The van der Waals surface area contributed by atoms with Gasteiger partial charge in [0.2, 0.25) is 0 Å². The van der Waals surface area contributed by atoms with Gasteiger partial charge in [-0.1, -0.05) is 58.4 Å². The van der Waals surface area contributed by atoms with E-state index in [4.69, 9.17) is 9.73 Å². The van der Waals surface area contributed by atoms with E-state index in [1.807, 2.05) is 17.0 Å². The minimum absolute atomic E-state index is 0.0288. The summed E-state index contributed by atoms with van der Waals surface area (Å²) in [6.07, 6.45) is 4.15. The average Bonchev–Trinajstić information content (AvgIpc) is 2.69. The van der Waals surface area contributed by atoms with E-state index in [1.165, 1.54) is 6.42 Å². The maximum absolute atomic E-state index is 13.0. The predicted molar refractivity (Wildman–Crippen MR) is 120 cm³/mol. The van der Waals surface area contributed by atoms with Crippen molar-refractivity contribution in [2.75, 3.05) is 11.4 Å². The van der Waals surface area contributed by atoms with Crippen molar-refractivity contribution in [1.29, 1.82) is 0 Å². The van der Waals surface area contributed by atoms with Crippen LogP contribution in [0.1, 0.15) is 53.4 Å². The maximum atomic E-state index is 13.0. The van der Waals surface area contributed by atoms with Gasteiger partial charge in [-0.25, -0.2) is 4.99 Å². The van der Waals surface area contributed by atoms with Gasteiger partial charge in [-0.15, -0.1) is 0 Å². The van der Waals surface area contributed by atoms with Crippen molar-refractivity contribution < 1.29 is 9.53 Å². The van der Waals surface area contributed by atoms with Gasteiger partial charge in [-0.05, 0) is 48.1 Å². The number of anilines is 1. The molecule has 4 nitrogen and oxygen atoms in total. The zero-order chi connectivity index (χ0) is 20.5. The molecule has 0 saturated heterocycles. The summed E-state index contributed by atoms with van der Waals surface area (Å²) in [6.45, 7) is 9.05. The Kier molecular flexibility index (Phi) is 5.62. The van der Waals surface area contributed by atoms with Crippen molar-refractivity contribution in [3.05, 3.63) is 36.4 Å². The largest absolute Gasteiger partial charge is 0.461 e. The van der Waals surface area contributed by atoms with E-state index in [0.717, 1.165) is 47.2 Å². The monoisotopic (exact) mass is 392 g/mol. The topological polar surface area (TPSA) is 41.9 Å². The lowest BCUT2D eigenvalue weighted by molar-refractivity contribution is -0.154. The van der Waals surface area contributed by atoms with Crippen LogP contribution in [0.2, 0.25) is 0 Å². The van der Waals surface area contributed by atoms with Crippen LogP contribution >= 0.6 is 0 Å². The average molecular weight is 393 g/mol. The fourth-order valence-electron chi connectivity index (χ4n) is 4.99. The van der Waals surface area contributed by atoms with Crippen LogP contribution in [0.3, 0.4) is 0 Å². The van der Waals surface area contributed by atoms with Crippen LogP contribution in [0.5, 0.6) is 0 Å². The number of rotatable bonds is 5. The van der Waals surface area contributed by atoms with Crippen LogP contribution in [0.25, 0.3) is 10.8 Å². The fraction of sp³-hybridized carbons (Fsp3) is 0.520. The molecule has 1 fully saturated rings. The van der Waals surface area contributed by atoms with Gasteiger partial charge in [0.1, 0.15) is 18.5 Å². The van der Waals surface area contributed by atoms with E-state index < -0.39 is 0 Å². The van der Waals surface area contributed by atoms with Gasteiger partial charge in [0, 0.05) is 11.8 Å². The number of hydrogen-bond donors (Lipinski definition) is 0. The van der Waals surface area contributed by atoms with Crippen LogP contribution < -0.4 is 4.90 Å². The molecule has 154 valence electrons. The Labute approximate surface area is 174 Å². The second kappa shape index (κ2) is 8.17. The summed E-state index contributed by atoms with van der Waals surface area (Å²) in [5.74, 6) is 2.38. The third kappa shape index (κ3) is 3.90. The highest BCUT2D eigenvalue weighted by molar-refractivity contribution is 6.15. The normalized spacial score (nSPS) is 24.0. The fourth-order valence-corrected chi connectivity index (χ4v) is 4.99. The number of carbonyl (C=O) groups excluding carboxylic acids is 1. The first-order valence-electron chi connectivity index (χ1n) is 11.0. The quantitative estimate of drug-likeness (QED) is 0.577. The molecule has 1 heterocycles. The molecule has 3 atom stereocenters. The van der Waals surface area contributed by atoms with Crippen molar-refractivity contribution in [3.8, 4) is 0 Å². The van der Waals surface area contributed by atoms with Gasteiger partial charge in [-0.2, -0.15) is 0 Å². The van der Waals surface area contributed by atoms with Crippen LogP contribution in [0.4, 0.5) is 11.4 Å². The van der Waals surface area contributed by atoms with E-state index in [-0.39, 0.29) is 18.6 Å². The first-order chi connectivity index (χ1) is 14.0.